The SMILES string of the molecule is CC1(C)c2ccccc2-c2c(-c3nc(-c4ccccc4)nc(-c4ccccc4)n3)ccc(-c3ccc4c(c3)-c3ccc(-c5cc(F)ccc5-c5nc(-c6ccccc6)nc(-c6ccccc6)n5)cc3C43C4CC5CC(C4)CC3C5)c21. The van der Waals surface area contributed by atoms with E-state index in [1.165, 1.54) is 93.8 Å². The maximum absolute atomic E-state index is 16.0. The van der Waals surface area contributed by atoms with Crippen LogP contribution in [0.15, 0.2) is 212 Å². The van der Waals surface area contributed by atoms with Gasteiger partial charge in [-0.25, -0.2) is 34.3 Å². The van der Waals surface area contributed by atoms with Crippen molar-refractivity contribution in [3.05, 3.63) is 240 Å². The Morgan fingerprint density at radius 2 is 0.775 bits per heavy atom. The van der Waals surface area contributed by atoms with E-state index in [9.17, 15) is 0 Å². The van der Waals surface area contributed by atoms with Crippen LogP contribution in [-0.2, 0) is 10.8 Å². The van der Waals surface area contributed by atoms with Gasteiger partial charge in [-0.2, -0.15) is 0 Å². The zero-order chi connectivity index (χ0) is 53.3. The van der Waals surface area contributed by atoms with Crippen LogP contribution in [0.3, 0.4) is 0 Å². The molecule has 11 aromatic rings. The fraction of sp³-hybridized carbons (Fsp3) is 0.178. The van der Waals surface area contributed by atoms with Gasteiger partial charge >= 0.3 is 0 Å². The summed E-state index contributed by atoms with van der Waals surface area (Å²) < 4.78 is 16.0. The van der Waals surface area contributed by atoms with Crippen LogP contribution < -0.4 is 0 Å². The van der Waals surface area contributed by atoms with Crippen molar-refractivity contribution in [3.8, 4) is 113 Å². The van der Waals surface area contributed by atoms with Gasteiger partial charge in [0.25, 0.3) is 0 Å². The van der Waals surface area contributed by atoms with E-state index in [0.29, 0.717) is 46.8 Å². The molecular formula is C73H55FN6. The molecule has 9 aromatic carbocycles. The van der Waals surface area contributed by atoms with Crippen LogP contribution in [-0.4, -0.2) is 29.9 Å². The molecule has 1 spiro atoms. The molecule has 0 radical (unpaired) electrons. The quantitative estimate of drug-likeness (QED) is 0.151. The number of halogens is 1. The van der Waals surface area contributed by atoms with E-state index in [2.05, 4.69) is 111 Å². The van der Waals surface area contributed by atoms with Crippen molar-refractivity contribution < 1.29 is 4.39 Å². The Morgan fingerprint density at radius 3 is 1.34 bits per heavy atom. The molecular weight excluding hydrogens is 980 g/mol. The Hall–Kier alpha value is -9.07. The highest BCUT2D eigenvalue weighted by Crippen LogP contribution is 2.70. The summed E-state index contributed by atoms with van der Waals surface area (Å²) in [6.45, 7) is 4.75. The predicted molar refractivity (Wildman–Crippen MR) is 317 cm³/mol. The van der Waals surface area contributed by atoms with Gasteiger partial charge in [-0.05, 0) is 159 Å². The molecule has 0 aliphatic heterocycles. The smallest absolute Gasteiger partial charge is 0.164 e. The van der Waals surface area contributed by atoms with Crippen LogP contribution in [0.5, 0.6) is 0 Å². The molecule has 6 aliphatic rings. The lowest BCUT2D eigenvalue weighted by atomic mass is 9.43. The first-order valence-corrected chi connectivity index (χ1v) is 28.4. The molecule has 384 valence electrons. The minimum Gasteiger partial charge on any atom is -0.208 e. The maximum Gasteiger partial charge on any atom is 0.164 e. The largest absolute Gasteiger partial charge is 0.208 e. The van der Waals surface area contributed by atoms with Crippen molar-refractivity contribution in [1.29, 1.82) is 0 Å². The van der Waals surface area contributed by atoms with E-state index < -0.39 is 0 Å². The van der Waals surface area contributed by atoms with Gasteiger partial charge in [-0.3, -0.25) is 0 Å². The van der Waals surface area contributed by atoms with Gasteiger partial charge in [0.15, 0.2) is 34.9 Å². The normalized spacial score (nSPS) is 20.3. The highest BCUT2D eigenvalue weighted by Gasteiger charge is 2.61. The lowest BCUT2D eigenvalue weighted by molar-refractivity contribution is -0.0399. The second-order valence-corrected chi connectivity index (χ2v) is 23.5. The third-order valence-electron chi connectivity index (χ3n) is 18.8. The fourth-order valence-corrected chi connectivity index (χ4v) is 15.7. The predicted octanol–water partition coefficient (Wildman–Crippen LogP) is 17.6. The topological polar surface area (TPSA) is 77.3 Å². The minimum absolute atomic E-state index is 0.152. The Bertz CT molecular complexity index is 4150. The van der Waals surface area contributed by atoms with Gasteiger partial charge in [-0.15, -0.1) is 0 Å². The van der Waals surface area contributed by atoms with E-state index in [1.807, 2.05) is 103 Å². The van der Waals surface area contributed by atoms with Gasteiger partial charge in [0.2, 0.25) is 0 Å². The first-order valence-electron chi connectivity index (χ1n) is 28.4. The van der Waals surface area contributed by atoms with Gasteiger partial charge < -0.3 is 0 Å². The van der Waals surface area contributed by atoms with Crippen LogP contribution in [0.1, 0.15) is 68.2 Å². The van der Waals surface area contributed by atoms with E-state index in [-0.39, 0.29) is 16.6 Å². The number of hydrogen-bond donors (Lipinski definition) is 0. The van der Waals surface area contributed by atoms with Gasteiger partial charge in [-0.1, -0.05) is 190 Å². The van der Waals surface area contributed by atoms with Crippen LogP contribution in [0, 0.1) is 29.5 Å². The van der Waals surface area contributed by atoms with E-state index >= 15 is 4.39 Å². The Morgan fingerprint density at radius 1 is 0.325 bits per heavy atom. The van der Waals surface area contributed by atoms with Crippen molar-refractivity contribution in [2.75, 3.05) is 0 Å². The molecule has 0 amide bonds. The first-order chi connectivity index (χ1) is 39.3. The summed E-state index contributed by atoms with van der Waals surface area (Å²) in [6.07, 6.45) is 6.34. The molecule has 6 aliphatic carbocycles. The standard InChI is InChI=1S/C73H55FN6/c1-72(2)61-26-16-15-25-57(61)64-58(71-79-68(47-21-11-5-12-22-47)76-69(80-71)48-23-13-6-14-24-48)33-32-54(65(64)72)49-28-34-62-60(40-49)55-30-27-50(41-63(55)73(62)51-36-43-35-44(38-51)39-52(73)37-43)59-42-53(74)29-31-56(59)70-77-66(45-17-7-3-8-18-45)75-67(78-70)46-19-9-4-10-20-46/h3-34,40-44,51-52H,35-39H2,1-2H3. The summed E-state index contributed by atoms with van der Waals surface area (Å²) in [5, 5.41) is 0. The summed E-state index contributed by atoms with van der Waals surface area (Å²) in [4.78, 5) is 31.0. The molecule has 0 saturated heterocycles. The van der Waals surface area contributed by atoms with E-state index in [0.717, 1.165) is 56.3 Å². The number of benzene rings is 9. The Balaban J connectivity index is 0.876. The maximum atomic E-state index is 16.0. The van der Waals surface area contributed by atoms with Gasteiger partial charge in [0.05, 0.1) is 0 Å². The third-order valence-corrected chi connectivity index (χ3v) is 18.8. The average molecular weight is 1040 g/mol. The highest BCUT2D eigenvalue weighted by atomic mass is 19.1. The lowest BCUT2D eigenvalue weighted by Gasteiger charge is -2.61. The molecule has 6 nitrogen and oxygen atoms in total. The number of rotatable bonds is 8. The molecule has 7 heteroatoms. The zero-order valence-electron chi connectivity index (χ0n) is 44.6. The summed E-state index contributed by atoms with van der Waals surface area (Å²) in [5.74, 6) is 5.90. The van der Waals surface area contributed by atoms with Gasteiger partial charge in [0.1, 0.15) is 5.82 Å². The summed E-state index contributed by atoms with van der Waals surface area (Å²) in [6, 6.07) is 73.6. The van der Waals surface area contributed by atoms with Crippen LogP contribution in [0.2, 0.25) is 0 Å². The lowest BCUT2D eigenvalue weighted by Crippen LogP contribution is -2.55. The Labute approximate surface area is 465 Å². The zero-order valence-corrected chi connectivity index (χ0v) is 44.6. The molecule has 4 bridgehead atoms. The molecule has 0 atom stereocenters. The van der Waals surface area contributed by atoms with Crippen molar-refractivity contribution in [2.24, 2.45) is 23.7 Å². The minimum atomic E-state index is -0.339. The molecule has 4 fully saturated rings. The number of nitrogens with zero attached hydrogens (tertiary/aromatic N) is 6. The summed E-state index contributed by atoms with van der Waals surface area (Å²) in [7, 11) is 0. The molecule has 2 heterocycles. The second-order valence-electron chi connectivity index (χ2n) is 23.5. The van der Waals surface area contributed by atoms with Crippen LogP contribution >= 0.6 is 0 Å². The number of hydrogen-bond acceptors (Lipinski definition) is 6. The van der Waals surface area contributed by atoms with Crippen molar-refractivity contribution in [3.63, 3.8) is 0 Å². The highest BCUT2D eigenvalue weighted by molar-refractivity contribution is 5.98. The molecule has 17 rings (SSSR count). The average Bonchev–Trinajstić information content (AvgIpc) is 3.72. The Kier molecular flexibility index (Phi) is 10.6. The molecule has 0 N–H and O–H groups in total. The van der Waals surface area contributed by atoms with E-state index in [1.54, 1.807) is 6.07 Å². The number of fused-ring (bicyclic) bond motifs is 6. The third kappa shape index (κ3) is 7.22. The van der Waals surface area contributed by atoms with Crippen molar-refractivity contribution in [2.45, 2.75) is 56.8 Å². The van der Waals surface area contributed by atoms with Gasteiger partial charge in [0, 0.05) is 44.2 Å². The summed E-state index contributed by atoms with van der Waals surface area (Å²) >= 11 is 0. The van der Waals surface area contributed by atoms with Crippen LogP contribution in [0.4, 0.5) is 4.39 Å². The molecule has 4 saturated carbocycles. The molecule has 80 heavy (non-hydrogen) atoms. The van der Waals surface area contributed by atoms with Crippen molar-refractivity contribution >= 4 is 0 Å². The molecule has 2 aromatic heterocycles. The second kappa shape index (κ2) is 18.0. The fourth-order valence-electron chi connectivity index (χ4n) is 15.7. The van der Waals surface area contributed by atoms with Crippen molar-refractivity contribution in [1.82, 2.24) is 29.9 Å². The van der Waals surface area contributed by atoms with E-state index in [4.69, 9.17) is 29.9 Å². The first kappa shape index (κ1) is 47.0. The molecule has 0 unspecified atom stereocenters. The monoisotopic (exact) mass is 1030 g/mol. The summed E-state index contributed by atoms with van der Waals surface area (Å²) in [5.41, 5.74) is 19.5. The van der Waals surface area contributed by atoms with Crippen LogP contribution in [0.25, 0.3) is 113 Å². The number of aromatic nitrogens is 6.